The molecular weight excluding hydrogens is 545 g/mol. The van der Waals surface area contributed by atoms with Gasteiger partial charge < -0.3 is 26.0 Å². The average molecular weight is 585 g/mol. The van der Waals surface area contributed by atoms with Crippen molar-refractivity contribution < 1.29 is 41.9 Å². The van der Waals surface area contributed by atoms with Crippen LogP contribution in [0.4, 0.5) is 13.2 Å². The van der Waals surface area contributed by atoms with Gasteiger partial charge in [0.2, 0.25) is 23.5 Å². The molecule has 2 unspecified atom stereocenters. The first-order valence-corrected chi connectivity index (χ1v) is 13.6. The molecule has 0 heterocycles. The van der Waals surface area contributed by atoms with Gasteiger partial charge in [0.15, 0.2) is 0 Å². The molecule has 228 valence electrons. The van der Waals surface area contributed by atoms with Crippen LogP contribution in [0.3, 0.4) is 0 Å². The number of aryl methyl sites for hydroxylation is 1. The summed E-state index contributed by atoms with van der Waals surface area (Å²) < 4.78 is 41.5. The summed E-state index contributed by atoms with van der Waals surface area (Å²) in [5, 5.41) is 10.4. The summed E-state index contributed by atoms with van der Waals surface area (Å²) in [6, 6.07) is 2.81. The van der Waals surface area contributed by atoms with Crippen molar-refractivity contribution in [2.75, 3.05) is 6.54 Å². The fourth-order valence-electron chi connectivity index (χ4n) is 3.99. The molecule has 0 bridgehead atoms. The van der Waals surface area contributed by atoms with Crippen LogP contribution in [0.5, 0.6) is 5.75 Å². The minimum atomic E-state index is -4.85. The Balaban J connectivity index is 2.09. The van der Waals surface area contributed by atoms with Gasteiger partial charge in [0.1, 0.15) is 11.8 Å². The van der Waals surface area contributed by atoms with E-state index in [4.69, 9.17) is 0 Å². The predicted molar refractivity (Wildman–Crippen MR) is 143 cm³/mol. The minimum absolute atomic E-state index is 0.0831. The summed E-state index contributed by atoms with van der Waals surface area (Å²) in [6.45, 7) is 7.68. The molecule has 1 aromatic carbocycles. The van der Waals surface area contributed by atoms with Crippen molar-refractivity contribution in [2.24, 2.45) is 5.41 Å². The largest absolute Gasteiger partial charge is 0.573 e. The molecule has 10 nitrogen and oxygen atoms in total. The highest BCUT2D eigenvalue weighted by atomic mass is 19.4. The quantitative estimate of drug-likeness (QED) is 0.234. The van der Waals surface area contributed by atoms with E-state index in [-0.39, 0.29) is 44.1 Å². The summed E-state index contributed by atoms with van der Waals surface area (Å²) in [6.07, 6.45) is -3.41. The van der Waals surface area contributed by atoms with Crippen molar-refractivity contribution in [3.8, 4) is 5.75 Å². The SMILES string of the molecule is CCNC(=O)CCC(NC(=O)C(CC(C)(C)C)NC(=O)CCc1cccc(OC(F)(F)F)c1)C(=O)C(=O)NC1CC1. The van der Waals surface area contributed by atoms with E-state index in [1.54, 1.807) is 13.0 Å². The Bertz CT molecular complexity index is 1100. The van der Waals surface area contributed by atoms with Crippen LogP contribution in [0, 0.1) is 5.41 Å². The summed E-state index contributed by atoms with van der Waals surface area (Å²) in [5.41, 5.74) is -0.000921. The van der Waals surface area contributed by atoms with Crippen molar-refractivity contribution in [1.29, 1.82) is 0 Å². The molecule has 13 heteroatoms. The molecule has 2 atom stereocenters. The molecule has 1 aromatic rings. The molecule has 4 N–H and O–H groups in total. The first kappa shape index (κ1) is 33.6. The Labute approximate surface area is 237 Å². The van der Waals surface area contributed by atoms with Gasteiger partial charge in [0.05, 0.1) is 6.04 Å². The average Bonchev–Trinajstić information content (AvgIpc) is 3.67. The normalized spacial score (nSPS) is 14.8. The van der Waals surface area contributed by atoms with Crippen molar-refractivity contribution in [3.05, 3.63) is 29.8 Å². The molecule has 1 saturated carbocycles. The molecule has 4 amide bonds. The molecule has 0 radical (unpaired) electrons. The number of ether oxygens (including phenoxy) is 1. The summed E-state index contributed by atoms with van der Waals surface area (Å²) in [7, 11) is 0. The number of hydrogen-bond donors (Lipinski definition) is 4. The van der Waals surface area contributed by atoms with Crippen LogP contribution < -0.4 is 26.0 Å². The topological polar surface area (TPSA) is 143 Å². The van der Waals surface area contributed by atoms with Crippen LogP contribution in [0.15, 0.2) is 24.3 Å². The zero-order valence-corrected chi connectivity index (χ0v) is 23.8. The molecule has 2 rings (SSSR count). The summed E-state index contributed by atoms with van der Waals surface area (Å²) >= 11 is 0. The number of amides is 4. The molecule has 0 aliphatic heterocycles. The maximum Gasteiger partial charge on any atom is 0.573 e. The van der Waals surface area contributed by atoms with Gasteiger partial charge in [0.25, 0.3) is 5.91 Å². The number of carbonyl (C=O) groups is 5. The number of hydrogen-bond acceptors (Lipinski definition) is 6. The van der Waals surface area contributed by atoms with Gasteiger partial charge in [-0.05, 0) is 62.1 Å². The van der Waals surface area contributed by atoms with Crippen LogP contribution in [0.2, 0.25) is 0 Å². The highest BCUT2D eigenvalue weighted by Gasteiger charge is 2.34. The third-order valence-electron chi connectivity index (χ3n) is 6.04. The second kappa shape index (κ2) is 14.8. The number of carbonyl (C=O) groups excluding carboxylic acids is 5. The van der Waals surface area contributed by atoms with Gasteiger partial charge in [-0.25, -0.2) is 0 Å². The minimum Gasteiger partial charge on any atom is -0.406 e. The Morgan fingerprint density at radius 3 is 2.24 bits per heavy atom. The highest BCUT2D eigenvalue weighted by molar-refractivity contribution is 6.38. The molecule has 1 fully saturated rings. The summed E-state index contributed by atoms with van der Waals surface area (Å²) in [4.78, 5) is 63.4. The van der Waals surface area contributed by atoms with Crippen molar-refractivity contribution in [2.45, 2.75) is 97.1 Å². The Morgan fingerprint density at radius 1 is 0.976 bits per heavy atom. The lowest BCUT2D eigenvalue weighted by atomic mass is 9.87. The van der Waals surface area contributed by atoms with Crippen molar-refractivity contribution >= 4 is 29.4 Å². The fourth-order valence-corrected chi connectivity index (χ4v) is 3.99. The van der Waals surface area contributed by atoms with Crippen molar-refractivity contribution in [3.63, 3.8) is 0 Å². The van der Waals surface area contributed by atoms with E-state index >= 15 is 0 Å². The lowest BCUT2D eigenvalue weighted by molar-refractivity contribution is -0.274. The number of rotatable bonds is 15. The number of Topliss-reactive ketones (excluding diaryl/α,β-unsaturated/α-hetero) is 1. The first-order valence-electron chi connectivity index (χ1n) is 13.6. The number of alkyl halides is 3. The van der Waals surface area contributed by atoms with Gasteiger partial charge in [0, 0.05) is 25.4 Å². The lowest BCUT2D eigenvalue weighted by Gasteiger charge is -2.28. The number of ketones is 1. The molecule has 0 aromatic heterocycles. The van der Waals surface area contributed by atoms with Gasteiger partial charge in [-0.1, -0.05) is 32.9 Å². The van der Waals surface area contributed by atoms with E-state index in [9.17, 15) is 37.1 Å². The van der Waals surface area contributed by atoms with Crippen LogP contribution in [-0.2, 0) is 30.4 Å². The fraction of sp³-hybridized carbons (Fsp3) is 0.607. The van der Waals surface area contributed by atoms with E-state index in [1.165, 1.54) is 12.1 Å². The van der Waals surface area contributed by atoms with E-state index in [0.29, 0.717) is 12.1 Å². The number of benzene rings is 1. The molecular formula is C28H39F3N4O6. The van der Waals surface area contributed by atoms with Crippen molar-refractivity contribution in [1.82, 2.24) is 21.3 Å². The summed E-state index contributed by atoms with van der Waals surface area (Å²) in [5.74, 6) is -3.70. The Hall–Kier alpha value is -3.64. The van der Waals surface area contributed by atoms with Crippen LogP contribution >= 0.6 is 0 Å². The first-order chi connectivity index (χ1) is 19.1. The number of halogens is 3. The maximum absolute atomic E-state index is 13.3. The molecule has 0 spiro atoms. The van der Waals surface area contributed by atoms with Gasteiger partial charge in [-0.3, -0.25) is 24.0 Å². The predicted octanol–water partition coefficient (Wildman–Crippen LogP) is 2.69. The van der Waals surface area contributed by atoms with Gasteiger partial charge in [-0.2, -0.15) is 0 Å². The maximum atomic E-state index is 13.3. The Kier molecular flexibility index (Phi) is 12.1. The second-order valence-corrected chi connectivity index (χ2v) is 11.2. The smallest absolute Gasteiger partial charge is 0.406 e. The van der Waals surface area contributed by atoms with Crippen LogP contribution in [0.25, 0.3) is 0 Å². The third-order valence-corrected chi connectivity index (χ3v) is 6.04. The highest BCUT2D eigenvalue weighted by Crippen LogP contribution is 2.24. The molecule has 1 aliphatic rings. The van der Waals surface area contributed by atoms with E-state index in [0.717, 1.165) is 18.9 Å². The van der Waals surface area contributed by atoms with E-state index in [1.807, 2.05) is 20.8 Å². The molecule has 0 saturated heterocycles. The monoisotopic (exact) mass is 584 g/mol. The van der Waals surface area contributed by atoms with E-state index < -0.39 is 53.1 Å². The number of nitrogens with one attached hydrogen (secondary N) is 4. The third kappa shape index (κ3) is 13.5. The van der Waals surface area contributed by atoms with Crippen LogP contribution in [-0.4, -0.2) is 60.4 Å². The van der Waals surface area contributed by atoms with Gasteiger partial charge >= 0.3 is 6.36 Å². The lowest BCUT2D eigenvalue weighted by Crippen LogP contribution is -2.55. The van der Waals surface area contributed by atoms with Crippen LogP contribution in [0.1, 0.15) is 71.8 Å². The molecule has 1 aliphatic carbocycles. The second-order valence-electron chi connectivity index (χ2n) is 11.2. The zero-order valence-electron chi connectivity index (χ0n) is 23.8. The Morgan fingerprint density at radius 2 is 1.66 bits per heavy atom. The van der Waals surface area contributed by atoms with E-state index in [2.05, 4.69) is 26.0 Å². The molecule has 41 heavy (non-hydrogen) atoms. The van der Waals surface area contributed by atoms with Gasteiger partial charge in [-0.15, -0.1) is 13.2 Å². The standard InChI is InChI=1S/C28H39F3N4O6/c1-5-32-22(36)14-12-20(24(38)26(40)33-18-10-11-18)35-25(39)21(16-27(2,3)4)34-23(37)13-9-17-7-6-8-19(15-17)41-28(29,30)31/h6-8,15,18,20-21H,5,9-14,16H2,1-4H3,(H,32,36)(H,33,40)(H,34,37)(H,35,39). The zero-order chi connectivity index (χ0) is 30.8.